The molecule has 2 aromatic heterocycles. The van der Waals surface area contributed by atoms with E-state index in [1.165, 1.54) is 16.4 Å². The third-order valence-corrected chi connectivity index (χ3v) is 4.07. The Kier molecular flexibility index (Phi) is 3.37. The van der Waals surface area contributed by atoms with Crippen molar-refractivity contribution in [3.05, 3.63) is 32.5 Å². The molecule has 0 aliphatic rings. The molecule has 5 heteroatoms. The van der Waals surface area contributed by atoms with Crippen LogP contribution in [0.5, 0.6) is 0 Å². The largest absolute Gasteiger partial charge is 0.383 e. The fourth-order valence-electron chi connectivity index (χ4n) is 1.55. The van der Waals surface area contributed by atoms with Crippen LogP contribution in [-0.2, 0) is 0 Å². The van der Waals surface area contributed by atoms with Gasteiger partial charge in [0, 0.05) is 4.88 Å². The number of aromatic nitrogens is 2. The second-order valence-corrected chi connectivity index (χ2v) is 5.97. The minimum absolute atomic E-state index is 0.295. The molecular weight excluding hydrogens is 240 g/mol. The monoisotopic (exact) mass is 254 g/mol. The van der Waals surface area contributed by atoms with E-state index >= 15 is 0 Å². The van der Waals surface area contributed by atoms with Gasteiger partial charge in [-0.2, -0.15) is 0 Å². The molecule has 0 aliphatic carbocycles. The molecule has 0 aliphatic heterocycles. The molecule has 0 bridgehead atoms. The summed E-state index contributed by atoms with van der Waals surface area (Å²) in [7, 11) is 0. The third kappa shape index (κ3) is 2.16. The van der Waals surface area contributed by atoms with Gasteiger partial charge in [-0.1, -0.05) is 18.3 Å². The average Bonchev–Trinajstić information content (AvgIpc) is 2.84. The number of aliphatic hydroxyl groups excluding tert-OH is 1. The van der Waals surface area contributed by atoms with Crippen LogP contribution < -0.4 is 0 Å². The zero-order chi connectivity index (χ0) is 11.7. The van der Waals surface area contributed by atoms with Crippen LogP contribution in [0, 0.1) is 6.92 Å². The summed E-state index contributed by atoms with van der Waals surface area (Å²) in [5, 5.41) is 16.3. The Hall–Kier alpha value is -0.780. The van der Waals surface area contributed by atoms with Gasteiger partial charge in [-0.05, 0) is 41.4 Å². The maximum absolute atomic E-state index is 10.3. The molecule has 1 atom stereocenters. The minimum Gasteiger partial charge on any atom is -0.383 e. The summed E-state index contributed by atoms with van der Waals surface area (Å²) < 4.78 is 3.93. The molecule has 2 aromatic rings. The Morgan fingerprint density at radius 3 is 2.69 bits per heavy atom. The molecule has 0 radical (unpaired) electrons. The molecule has 0 saturated heterocycles. The summed E-state index contributed by atoms with van der Waals surface area (Å²) in [6.45, 7) is 6.16. The van der Waals surface area contributed by atoms with Gasteiger partial charge in [0.25, 0.3) is 0 Å². The van der Waals surface area contributed by atoms with Crippen LogP contribution in [0.2, 0.25) is 0 Å². The van der Waals surface area contributed by atoms with E-state index in [9.17, 15) is 5.11 Å². The minimum atomic E-state index is -0.581. The number of nitrogens with zero attached hydrogens (tertiary/aromatic N) is 2. The molecule has 0 spiro atoms. The SMILES string of the molecule is Cc1cc(C(O)c2snnc2C(C)C)cs1. The highest BCUT2D eigenvalue weighted by Gasteiger charge is 2.21. The van der Waals surface area contributed by atoms with Crippen LogP contribution >= 0.6 is 22.9 Å². The number of aryl methyl sites for hydroxylation is 1. The van der Waals surface area contributed by atoms with Crippen molar-refractivity contribution >= 4 is 22.9 Å². The van der Waals surface area contributed by atoms with E-state index in [-0.39, 0.29) is 0 Å². The fraction of sp³-hybridized carbons (Fsp3) is 0.455. The van der Waals surface area contributed by atoms with E-state index in [1.807, 2.05) is 18.4 Å². The number of aliphatic hydroxyl groups is 1. The second-order valence-electron chi connectivity index (χ2n) is 4.07. The van der Waals surface area contributed by atoms with E-state index in [0.717, 1.165) is 16.1 Å². The lowest BCUT2D eigenvalue weighted by atomic mass is 10.0. The first-order valence-corrected chi connectivity index (χ1v) is 6.80. The molecular formula is C11H14N2OS2. The number of hydrogen-bond donors (Lipinski definition) is 1. The molecule has 86 valence electrons. The summed E-state index contributed by atoms with van der Waals surface area (Å²) in [5.74, 6) is 0.295. The van der Waals surface area contributed by atoms with Gasteiger partial charge in [0.15, 0.2) is 0 Å². The Bertz CT molecular complexity index is 476. The summed E-state index contributed by atoms with van der Waals surface area (Å²) in [6.07, 6.45) is -0.581. The predicted molar refractivity (Wildman–Crippen MR) is 67.1 cm³/mol. The van der Waals surface area contributed by atoms with Gasteiger partial charge in [0.1, 0.15) is 6.10 Å². The summed E-state index contributed by atoms with van der Waals surface area (Å²) >= 11 is 2.93. The van der Waals surface area contributed by atoms with Crippen LogP contribution in [0.4, 0.5) is 0 Å². The Morgan fingerprint density at radius 2 is 2.12 bits per heavy atom. The van der Waals surface area contributed by atoms with Crippen molar-refractivity contribution in [3.8, 4) is 0 Å². The van der Waals surface area contributed by atoms with Crippen molar-refractivity contribution in [3.63, 3.8) is 0 Å². The first-order valence-electron chi connectivity index (χ1n) is 5.15. The van der Waals surface area contributed by atoms with E-state index in [1.54, 1.807) is 11.3 Å². The zero-order valence-electron chi connectivity index (χ0n) is 9.47. The molecule has 1 unspecified atom stereocenters. The van der Waals surface area contributed by atoms with Crippen LogP contribution in [0.3, 0.4) is 0 Å². The van der Waals surface area contributed by atoms with Crippen molar-refractivity contribution in [2.75, 3.05) is 0 Å². The maximum Gasteiger partial charge on any atom is 0.118 e. The highest BCUT2D eigenvalue weighted by molar-refractivity contribution is 7.10. The third-order valence-electron chi connectivity index (χ3n) is 2.40. The number of thiophene rings is 1. The average molecular weight is 254 g/mol. The second kappa shape index (κ2) is 4.61. The Morgan fingerprint density at radius 1 is 1.38 bits per heavy atom. The lowest BCUT2D eigenvalue weighted by molar-refractivity contribution is 0.223. The first kappa shape index (κ1) is 11.7. The molecule has 0 fully saturated rings. The van der Waals surface area contributed by atoms with Crippen LogP contribution in [0.1, 0.15) is 46.9 Å². The molecule has 0 amide bonds. The fourth-order valence-corrected chi connectivity index (χ4v) is 3.10. The lowest BCUT2D eigenvalue weighted by Gasteiger charge is -2.09. The Labute approximate surface area is 103 Å². The Balaban J connectivity index is 2.33. The maximum atomic E-state index is 10.3. The molecule has 1 N–H and O–H groups in total. The summed E-state index contributed by atoms with van der Waals surface area (Å²) in [5.41, 5.74) is 1.84. The van der Waals surface area contributed by atoms with E-state index in [0.29, 0.717) is 5.92 Å². The van der Waals surface area contributed by atoms with Gasteiger partial charge in [-0.25, -0.2) is 0 Å². The number of hydrogen-bond acceptors (Lipinski definition) is 5. The van der Waals surface area contributed by atoms with Crippen LogP contribution in [-0.4, -0.2) is 14.7 Å². The topological polar surface area (TPSA) is 46.0 Å². The normalized spacial score (nSPS) is 13.3. The highest BCUT2D eigenvalue weighted by atomic mass is 32.1. The van der Waals surface area contributed by atoms with E-state index in [2.05, 4.69) is 23.4 Å². The van der Waals surface area contributed by atoms with Gasteiger partial charge in [-0.3, -0.25) is 0 Å². The summed E-state index contributed by atoms with van der Waals surface area (Å²) in [4.78, 5) is 2.07. The van der Waals surface area contributed by atoms with Gasteiger partial charge in [-0.15, -0.1) is 16.4 Å². The van der Waals surface area contributed by atoms with Crippen molar-refractivity contribution in [2.24, 2.45) is 0 Å². The highest BCUT2D eigenvalue weighted by Crippen LogP contribution is 2.32. The molecule has 16 heavy (non-hydrogen) atoms. The zero-order valence-corrected chi connectivity index (χ0v) is 11.1. The number of rotatable bonds is 3. The van der Waals surface area contributed by atoms with Gasteiger partial charge in [0.05, 0.1) is 10.6 Å². The van der Waals surface area contributed by atoms with E-state index < -0.39 is 6.10 Å². The molecule has 0 aromatic carbocycles. The molecule has 2 heterocycles. The summed E-state index contributed by atoms with van der Waals surface area (Å²) in [6, 6.07) is 2.01. The van der Waals surface area contributed by atoms with Crippen molar-refractivity contribution < 1.29 is 5.11 Å². The standard InChI is InChI=1S/C11H14N2OS2/c1-6(2)9-11(16-13-12-9)10(14)8-4-7(3)15-5-8/h4-6,10,14H,1-3H3. The smallest absolute Gasteiger partial charge is 0.118 e. The van der Waals surface area contributed by atoms with Crippen LogP contribution in [0.15, 0.2) is 11.4 Å². The lowest BCUT2D eigenvalue weighted by Crippen LogP contribution is -2.01. The molecule has 2 rings (SSSR count). The quantitative estimate of drug-likeness (QED) is 0.915. The van der Waals surface area contributed by atoms with Crippen molar-refractivity contribution in [1.29, 1.82) is 0 Å². The van der Waals surface area contributed by atoms with Crippen LogP contribution in [0.25, 0.3) is 0 Å². The van der Waals surface area contributed by atoms with Gasteiger partial charge in [0.2, 0.25) is 0 Å². The van der Waals surface area contributed by atoms with Gasteiger partial charge < -0.3 is 5.11 Å². The predicted octanol–water partition coefficient (Wildman–Crippen LogP) is 3.11. The van der Waals surface area contributed by atoms with Crippen molar-refractivity contribution in [2.45, 2.75) is 32.8 Å². The first-order chi connectivity index (χ1) is 7.59. The molecule has 0 saturated carbocycles. The van der Waals surface area contributed by atoms with E-state index in [4.69, 9.17) is 0 Å². The van der Waals surface area contributed by atoms with Gasteiger partial charge >= 0.3 is 0 Å². The van der Waals surface area contributed by atoms with Crippen molar-refractivity contribution in [1.82, 2.24) is 9.59 Å². The molecule has 3 nitrogen and oxygen atoms in total.